The van der Waals surface area contributed by atoms with Gasteiger partial charge in [-0.3, -0.25) is 14.5 Å². The first-order chi connectivity index (χ1) is 21.4. The molecule has 5 aromatic rings. The third kappa shape index (κ3) is 6.30. The van der Waals surface area contributed by atoms with Gasteiger partial charge in [-0.05, 0) is 65.2 Å². The number of aromatic nitrogens is 1. The molecular weight excluding hydrogens is 592 g/mol. The summed E-state index contributed by atoms with van der Waals surface area (Å²) in [6.07, 6.45) is 3.95. The van der Waals surface area contributed by atoms with Crippen molar-refractivity contribution in [2.24, 2.45) is 0 Å². The lowest BCUT2D eigenvalue weighted by Gasteiger charge is -2.23. The number of esters is 1. The minimum atomic E-state index is -0.389. The van der Waals surface area contributed by atoms with E-state index in [1.165, 1.54) is 12.0 Å². The number of carbonyl (C=O) groups is 3. The summed E-state index contributed by atoms with van der Waals surface area (Å²) in [4.78, 5) is 44.4. The van der Waals surface area contributed by atoms with Crippen LogP contribution in [-0.2, 0) is 10.5 Å². The maximum atomic E-state index is 13.2. The van der Waals surface area contributed by atoms with Gasteiger partial charge in [0.1, 0.15) is 0 Å². The SMILES string of the molecule is COC(=O)c1ccc(CSC(CN2C(=O)c3ccccc3C2=O)c2cccc(/C=C/c3ccc4ccc(Cl)cc4n3)c2)cc1. The number of hydrogen-bond acceptors (Lipinski definition) is 6. The van der Waals surface area contributed by atoms with Crippen LogP contribution in [0.15, 0.2) is 103 Å². The molecule has 1 aromatic heterocycles. The monoisotopic (exact) mass is 618 g/mol. The number of nitrogens with zero attached hydrogens (tertiary/aromatic N) is 2. The van der Waals surface area contributed by atoms with Crippen LogP contribution < -0.4 is 0 Å². The fourth-order valence-electron chi connectivity index (χ4n) is 5.12. The molecule has 6 rings (SSSR count). The van der Waals surface area contributed by atoms with Gasteiger partial charge in [-0.15, -0.1) is 11.8 Å². The second kappa shape index (κ2) is 12.9. The molecule has 2 amide bonds. The molecule has 4 aromatic carbocycles. The van der Waals surface area contributed by atoms with E-state index in [0.717, 1.165) is 33.3 Å². The number of hydrogen-bond donors (Lipinski definition) is 0. The standard InChI is InChI=1S/C36H27ClN2O4S/c1-43-36(42)26-12-9-24(10-13-26)22-44-33(21-39-34(40)30-7-2-3-8-31(30)35(39)41)27-6-4-5-23(19-27)11-17-29-18-15-25-14-16-28(37)20-32(25)38-29/h2-20,33H,21-22H2,1H3/b17-11+. The van der Waals surface area contributed by atoms with E-state index in [1.807, 2.05) is 72.8 Å². The molecule has 1 aliphatic heterocycles. The lowest BCUT2D eigenvalue weighted by Crippen LogP contribution is -2.33. The molecule has 1 aliphatic rings. The van der Waals surface area contributed by atoms with Gasteiger partial charge < -0.3 is 4.74 Å². The number of benzene rings is 4. The van der Waals surface area contributed by atoms with E-state index in [-0.39, 0.29) is 29.6 Å². The highest BCUT2D eigenvalue weighted by molar-refractivity contribution is 7.98. The van der Waals surface area contributed by atoms with Gasteiger partial charge in [0.2, 0.25) is 0 Å². The number of carbonyl (C=O) groups excluding carboxylic acids is 3. The van der Waals surface area contributed by atoms with E-state index in [0.29, 0.717) is 27.5 Å². The zero-order valence-corrected chi connectivity index (χ0v) is 25.3. The quantitative estimate of drug-likeness (QED) is 0.123. The highest BCUT2D eigenvalue weighted by Crippen LogP contribution is 2.36. The van der Waals surface area contributed by atoms with Crippen molar-refractivity contribution in [3.05, 3.63) is 147 Å². The van der Waals surface area contributed by atoms with Crippen molar-refractivity contribution in [3.63, 3.8) is 0 Å². The van der Waals surface area contributed by atoms with Gasteiger partial charge in [-0.25, -0.2) is 9.78 Å². The number of thioether (sulfide) groups is 1. The first-order valence-corrected chi connectivity index (χ1v) is 15.4. The zero-order chi connectivity index (χ0) is 30.6. The van der Waals surface area contributed by atoms with Crippen LogP contribution in [0, 0.1) is 0 Å². The summed E-state index contributed by atoms with van der Waals surface area (Å²) >= 11 is 7.79. The van der Waals surface area contributed by atoms with Crippen LogP contribution in [0.25, 0.3) is 23.1 Å². The summed E-state index contributed by atoms with van der Waals surface area (Å²) in [5, 5.41) is 1.45. The Morgan fingerprint density at radius 1 is 0.886 bits per heavy atom. The van der Waals surface area contributed by atoms with Crippen LogP contribution in [0.4, 0.5) is 0 Å². The molecule has 1 unspecified atom stereocenters. The number of pyridine rings is 1. The first kappa shape index (κ1) is 29.4. The normalized spacial score (nSPS) is 13.5. The van der Waals surface area contributed by atoms with Crippen molar-refractivity contribution in [1.82, 2.24) is 9.88 Å². The minimum Gasteiger partial charge on any atom is -0.465 e. The van der Waals surface area contributed by atoms with Gasteiger partial charge in [0.15, 0.2) is 0 Å². The second-order valence-corrected chi connectivity index (χ2v) is 12.0. The third-order valence-corrected chi connectivity index (χ3v) is 9.02. The number of ether oxygens (including phenoxy) is 1. The van der Waals surface area contributed by atoms with Gasteiger partial charge in [0, 0.05) is 28.0 Å². The van der Waals surface area contributed by atoms with Crippen molar-refractivity contribution in [2.45, 2.75) is 11.0 Å². The predicted molar refractivity (Wildman–Crippen MR) is 176 cm³/mol. The molecule has 0 bridgehead atoms. The van der Waals surface area contributed by atoms with Gasteiger partial charge in [-0.2, -0.15) is 0 Å². The van der Waals surface area contributed by atoms with Crippen molar-refractivity contribution in [2.75, 3.05) is 13.7 Å². The molecule has 1 atom stereocenters. The Balaban J connectivity index is 1.26. The summed E-state index contributed by atoms with van der Waals surface area (Å²) in [7, 11) is 1.35. The van der Waals surface area contributed by atoms with Crippen LogP contribution in [0.1, 0.15) is 58.7 Å². The maximum absolute atomic E-state index is 13.2. The van der Waals surface area contributed by atoms with Crippen molar-refractivity contribution < 1.29 is 19.1 Å². The first-order valence-electron chi connectivity index (χ1n) is 14.0. The fourth-order valence-corrected chi connectivity index (χ4v) is 6.47. The van der Waals surface area contributed by atoms with E-state index in [9.17, 15) is 14.4 Å². The molecule has 0 radical (unpaired) electrons. The van der Waals surface area contributed by atoms with E-state index in [4.69, 9.17) is 21.3 Å². The number of methoxy groups -OCH3 is 1. The number of imide groups is 1. The Morgan fingerprint density at radius 3 is 2.34 bits per heavy atom. The number of amides is 2. The molecule has 2 heterocycles. The average molecular weight is 619 g/mol. The van der Waals surface area contributed by atoms with Crippen LogP contribution >= 0.6 is 23.4 Å². The lowest BCUT2D eigenvalue weighted by molar-refractivity contribution is 0.0598. The van der Waals surface area contributed by atoms with Crippen LogP contribution in [0.5, 0.6) is 0 Å². The molecule has 0 aliphatic carbocycles. The highest BCUT2D eigenvalue weighted by Gasteiger charge is 2.36. The molecule has 218 valence electrons. The molecule has 0 spiro atoms. The summed E-state index contributed by atoms with van der Waals surface area (Å²) in [6.45, 7) is 0.220. The molecule has 0 N–H and O–H groups in total. The zero-order valence-electron chi connectivity index (χ0n) is 23.8. The second-order valence-electron chi connectivity index (χ2n) is 10.3. The Hall–Kier alpha value is -4.72. The predicted octanol–water partition coefficient (Wildman–Crippen LogP) is 8.12. The Morgan fingerprint density at radius 2 is 1.61 bits per heavy atom. The summed E-state index contributed by atoms with van der Waals surface area (Å²) in [5.41, 5.74) is 5.92. The molecular formula is C36H27ClN2O4S. The van der Waals surface area contributed by atoms with E-state index < -0.39 is 0 Å². The van der Waals surface area contributed by atoms with E-state index in [1.54, 1.807) is 48.2 Å². The van der Waals surface area contributed by atoms with Gasteiger partial charge in [-0.1, -0.05) is 78.3 Å². The number of halogens is 1. The number of rotatable bonds is 9. The largest absolute Gasteiger partial charge is 0.465 e. The van der Waals surface area contributed by atoms with E-state index in [2.05, 4.69) is 6.07 Å². The van der Waals surface area contributed by atoms with Crippen LogP contribution in [0.2, 0.25) is 5.02 Å². The topological polar surface area (TPSA) is 76.6 Å². The summed E-state index contributed by atoms with van der Waals surface area (Å²) in [6, 6.07) is 31.9. The average Bonchev–Trinajstić information content (AvgIpc) is 3.30. The van der Waals surface area contributed by atoms with Gasteiger partial charge in [0.25, 0.3) is 11.8 Å². The van der Waals surface area contributed by atoms with E-state index >= 15 is 0 Å². The van der Waals surface area contributed by atoms with Crippen molar-refractivity contribution >= 4 is 64.2 Å². The van der Waals surface area contributed by atoms with Gasteiger partial charge in [0.05, 0.1) is 35.0 Å². The molecule has 0 saturated carbocycles. The Labute approximate surface area is 264 Å². The Kier molecular flexibility index (Phi) is 8.59. The molecule has 6 nitrogen and oxygen atoms in total. The molecule has 0 fully saturated rings. The Bertz CT molecular complexity index is 1890. The molecule has 44 heavy (non-hydrogen) atoms. The maximum Gasteiger partial charge on any atom is 0.337 e. The third-order valence-electron chi connectivity index (χ3n) is 7.46. The van der Waals surface area contributed by atoms with Crippen LogP contribution in [-0.4, -0.2) is 41.3 Å². The lowest BCUT2D eigenvalue weighted by atomic mass is 10.1. The minimum absolute atomic E-state index is 0.202. The van der Waals surface area contributed by atoms with Gasteiger partial charge >= 0.3 is 5.97 Å². The van der Waals surface area contributed by atoms with Crippen LogP contribution in [0.3, 0.4) is 0 Å². The highest BCUT2D eigenvalue weighted by atomic mass is 35.5. The summed E-state index contributed by atoms with van der Waals surface area (Å²) in [5.74, 6) is -0.339. The smallest absolute Gasteiger partial charge is 0.337 e. The molecule has 8 heteroatoms. The number of fused-ring (bicyclic) bond motifs is 2. The van der Waals surface area contributed by atoms with Crippen molar-refractivity contribution in [1.29, 1.82) is 0 Å². The molecule has 0 saturated heterocycles. The summed E-state index contributed by atoms with van der Waals surface area (Å²) < 4.78 is 4.81. The van der Waals surface area contributed by atoms with Crippen molar-refractivity contribution in [3.8, 4) is 0 Å². The fraction of sp³-hybridized carbons (Fsp3) is 0.111.